The number of rotatable bonds is 5. The first-order chi connectivity index (χ1) is 14.7. The molecule has 1 atom stereocenters. The van der Waals surface area contributed by atoms with Crippen molar-refractivity contribution >= 4 is 5.69 Å². The minimum Gasteiger partial charge on any atom is -0.365 e. The molecule has 0 amide bonds. The highest BCUT2D eigenvalue weighted by molar-refractivity contribution is 5.64. The van der Waals surface area contributed by atoms with Crippen molar-refractivity contribution in [2.45, 2.75) is 44.7 Å². The molecule has 30 heavy (non-hydrogen) atoms. The lowest BCUT2D eigenvalue weighted by atomic mass is 10.0. The summed E-state index contributed by atoms with van der Waals surface area (Å²) in [4.78, 5) is 6.88. The molecular formula is C24H28FN5. The number of halogens is 1. The van der Waals surface area contributed by atoms with Gasteiger partial charge in [0, 0.05) is 37.4 Å². The van der Waals surface area contributed by atoms with Crippen LogP contribution in [0.25, 0.3) is 5.69 Å². The predicted octanol–water partition coefficient (Wildman–Crippen LogP) is 3.86. The van der Waals surface area contributed by atoms with Gasteiger partial charge in [-0.05, 0) is 68.0 Å². The Morgan fingerprint density at radius 1 is 1.00 bits per heavy atom. The Hall–Kier alpha value is -2.73. The molecule has 0 spiro atoms. The summed E-state index contributed by atoms with van der Waals surface area (Å²) >= 11 is 0. The molecule has 156 valence electrons. The second-order valence-electron chi connectivity index (χ2n) is 8.54. The Bertz CT molecular complexity index is 977. The number of hydrogen-bond donors (Lipinski definition) is 0. The van der Waals surface area contributed by atoms with Gasteiger partial charge in [0.15, 0.2) is 0 Å². The van der Waals surface area contributed by atoms with E-state index in [9.17, 15) is 4.39 Å². The van der Waals surface area contributed by atoms with E-state index in [1.807, 2.05) is 12.1 Å². The van der Waals surface area contributed by atoms with Gasteiger partial charge >= 0.3 is 0 Å². The van der Waals surface area contributed by atoms with Crippen molar-refractivity contribution in [1.29, 1.82) is 0 Å². The SMILES string of the molecule is CC1Cc2ccc(-n3nccn3)cc2N1C1CCN(CCc2ccc(F)cc2)CC1. The smallest absolute Gasteiger partial charge is 0.123 e. The van der Waals surface area contributed by atoms with Crippen LogP contribution in [0.2, 0.25) is 0 Å². The van der Waals surface area contributed by atoms with E-state index >= 15 is 0 Å². The highest BCUT2D eigenvalue weighted by Crippen LogP contribution is 2.37. The van der Waals surface area contributed by atoms with Crippen LogP contribution in [0.1, 0.15) is 30.9 Å². The number of piperidine rings is 1. The monoisotopic (exact) mass is 405 g/mol. The molecule has 0 saturated carbocycles. The molecule has 0 bridgehead atoms. The average molecular weight is 406 g/mol. The van der Waals surface area contributed by atoms with Crippen LogP contribution in [0.4, 0.5) is 10.1 Å². The fourth-order valence-corrected chi connectivity index (χ4v) is 5.01. The fraction of sp³-hybridized carbons (Fsp3) is 0.417. The van der Waals surface area contributed by atoms with E-state index in [1.165, 1.54) is 29.7 Å². The minimum atomic E-state index is -0.161. The van der Waals surface area contributed by atoms with Gasteiger partial charge in [-0.15, -0.1) is 0 Å². The van der Waals surface area contributed by atoms with Gasteiger partial charge in [-0.1, -0.05) is 18.2 Å². The van der Waals surface area contributed by atoms with Crippen LogP contribution >= 0.6 is 0 Å². The molecule has 1 unspecified atom stereocenters. The summed E-state index contributed by atoms with van der Waals surface area (Å²) in [6.45, 7) is 5.61. The summed E-state index contributed by atoms with van der Waals surface area (Å²) in [7, 11) is 0. The maximum Gasteiger partial charge on any atom is 0.123 e. The first kappa shape index (κ1) is 19.2. The Balaban J connectivity index is 1.23. The lowest BCUT2D eigenvalue weighted by molar-refractivity contribution is 0.208. The van der Waals surface area contributed by atoms with E-state index < -0.39 is 0 Å². The van der Waals surface area contributed by atoms with Gasteiger partial charge in [0.2, 0.25) is 0 Å². The summed E-state index contributed by atoms with van der Waals surface area (Å²) < 4.78 is 13.1. The van der Waals surface area contributed by atoms with Crippen molar-refractivity contribution in [2.24, 2.45) is 0 Å². The molecule has 2 aromatic carbocycles. The van der Waals surface area contributed by atoms with Crippen LogP contribution in [0.5, 0.6) is 0 Å². The van der Waals surface area contributed by atoms with Gasteiger partial charge in [0.25, 0.3) is 0 Å². The molecule has 3 heterocycles. The Morgan fingerprint density at radius 2 is 1.73 bits per heavy atom. The van der Waals surface area contributed by atoms with Crippen molar-refractivity contribution in [2.75, 3.05) is 24.5 Å². The molecule has 5 nitrogen and oxygen atoms in total. The normalized spacial score (nSPS) is 19.9. The summed E-state index contributed by atoms with van der Waals surface area (Å²) in [5.74, 6) is -0.161. The maximum absolute atomic E-state index is 13.1. The van der Waals surface area contributed by atoms with Crippen molar-refractivity contribution in [3.63, 3.8) is 0 Å². The molecule has 1 saturated heterocycles. The lowest BCUT2D eigenvalue weighted by Gasteiger charge is -2.40. The molecule has 2 aliphatic rings. The number of hydrogen-bond acceptors (Lipinski definition) is 4. The van der Waals surface area contributed by atoms with Gasteiger partial charge in [0.05, 0.1) is 18.1 Å². The minimum absolute atomic E-state index is 0.161. The quantitative estimate of drug-likeness (QED) is 0.646. The number of aromatic nitrogens is 3. The maximum atomic E-state index is 13.1. The number of likely N-dealkylation sites (tertiary alicyclic amines) is 1. The number of anilines is 1. The Morgan fingerprint density at radius 3 is 2.47 bits per heavy atom. The van der Waals surface area contributed by atoms with Crippen molar-refractivity contribution in [3.05, 3.63) is 71.8 Å². The highest BCUT2D eigenvalue weighted by atomic mass is 19.1. The summed E-state index contributed by atoms with van der Waals surface area (Å²) in [5.41, 5.74) is 5.01. The highest BCUT2D eigenvalue weighted by Gasteiger charge is 2.33. The Labute approximate surface area is 177 Å². The molecule has 1 aromatic heterocycles. The first-order valence-corrected chi connectivity index (χ1v) is 10.9. The first-order valence-electron chi connectivity index (χ1n) is 10.9. The van der Waals surface area contributed by atoms with E-state index in [2.05, 4.69) is 45.1 Å². The second-order valence-corrected chi connectivity index (χ2v) is 8.54. The third-order valence-electron chi connectivity index (χ3n) is 6.57. The van der Waals surface area contributed by atoms with Crippen LogP contribution in [-0.4, -0.2) is 51.6 Å². The third-order valence-corrected chi connectivity index (χ3v) is 6.57. The van der Waals surface area contributed by atoms with Gasteiger partial charge in [-0.3, -0.25) is 0 Å². The van der Waals surface area contributed by atoms with E-state index in [4.69, 9.17) is 0 Å². The standard InChI is InChI=1S/C24H28FN5/c1-18-16-20-4-7-23(30-26-11-12-27-30)17-24(20)29(18)22-9-14-28(15-10-22)13-8-19-2-5-21(25)6-3-19/h2-7,11-12,17-18,22H,8-10,13-16H2,1H3. The largest absolute Gasteiger partial charge is 0.365 e. The van der Waals surface area contributed by atoms with Crippen LogP contribution in [-0.2, 0) is 12.8 Å². The fourth-order valence-electron chi connectivity index (χ4n) is 5.01. The van der Waals surface area contributed by atoms with Crippen molar-refractivity contribution < 1.29 is 4.39 Å². The molecular weight excluding hydrogens is 377 g/mol. The van der Waals surface area contributed by atoms with Crippen LogP contribution in [0.15, 0.2) is 54.9 Å². The van der Waals surface area contributed by atoms with Crippen molar-refractivity contribution in [3.8, 4) is 5.69 Å². The summed E-state index contributed by atoms with van der Waals surface area (Å²) in [6, 6.07) is 14.6. The zero-order valence-corrected chi connectivity index (χ0v) is 17.4. The van der Waals surface area contributed by atoms with E-state index in [-0.39, 0.29) is 5.82 Å². The molecule has 0 radical (unpaired) electrons. The summed E-state index contributed by atoms with van der Waals surface area (Å²) in [5, 5.41) is 8.58. The number of nitrogens with zero attached hydrogens (tertiary/aromatic N) is 5. The van der Waals surface area contributed by atoms with Gasteiger partial charge in [-0.2, -0.15) is 15.0 Å². The molecule has 6 heteroatoms. The zero-order chi connectivity index (χ0) is 20.5. The van der Waals surface area contributed by atoms with Gasteiger partial charge in [0.1, 0.15) is 5.82 Å². The number of fused-ring (bicyclic) bond motifs is 1. The molecule has 1 fully saturated rings. The second kappa shape index (κ2) is 8.19. The average Bonchev–Trinajstić information content (AvgIpc) is 3.41. The molecule has 0 aliphatic carbocycles. The zero-order valence-electron chi connectivity index (χ0n) is 17.4. The number of benzene rings is 2. The molecule has 0 N–H and O–H groups in total. The lowest BCUT2D eigenvalue weighted by Crippen LogP contribution is -2.47. The van der Waals surface area contributed by atoms with Crippen LogP contribution < -0.4 is 4.90 Å². The topological polar surface area (TPSA) is 37.2 Å². The predicted molar refractivity (Wildman–Crippen MR) is 117 cm³/mol. The Kier molecular flexibility index (Phi) is 5.25. The van der Waals surface area contributed by atoms with Gasteiger partial charge < -0.3 is 9.80 Å². The van der Waals surface area contributed by atoms with E-state index in [0.29, 0.717) is 12.1 Å². The van der Waals surface area contributed by atoms with Crippen molar-refractivity contribution in [1.82, 2.24) is 19.9 Å². The molecule has 2 aliphatic heterocycles. The molecule has 3 aromatic rings. The van der Waals surface area contributed by atoms with E-state index in [1.54, 1.807) is 29.3 Å². The van der Waals surface area contributed by atoms with Gasteiger partial charge in [-0.25, -0.2) is 4.39 Å². The van der Waals surface area contributed by atoms with Crippen LogP contribution in [0, 0.1) is 5.82 Å². The third kappa shape index (κ3) is 3.84. The molecule has 5 rings (SSSR count). The van der Waals surface area contributed by atoms with Crippen LogP contribution in [0.3, 0.4) is 0 Å². The summed E-state index contributed by atoms with van der Waals surface area (Å²) in [6.07, 6.45) is 7.88. The van der Waals surface area contributed by atoms with E-state index in [0.717, 1.165) is 38.2 Å².